The van der Waals surface area contributed by atoms with E-state index in [9.17, 15) is 0 Å². The monoisotopic (exact) mass is 425 g/mol. The van der Waals surface area contributed by atoms with E-state index in [0.717, 1.165) is 32.8 Å². The number of para-hydroxylation sites is 1. The molecule has 3 aromatic rings. The molecule has 0 aromatic heterocycles. The van der Waals surface area contributed by atoms with E-state index in [2.05, 4.69) is 64.6 Å². The van der Waals surface area contributed by atoms with Gasteiger partial charge < -0.3 is 14.8 Å². The summed E-state index contributed by atoms with van der Waals surface area (Å²) in [5.41, 5.74) is 4.58. The molecular formula is C23H24BrNO2. The molecule has 0 unspecified atom stereocenters. The van der Waals surface area contributed by atoms with Crippen LogP contribution in [0, 0.1) is 6.92 Å². The van der Waals surface area contributed by atoms with E-state index in [1.54, 1.807) is 0 Å². The third kappa shape index (κ3) is 5.51. The fourth-order valence-electron chi connectivity index (χ4n) is 2.69. The minimum atomic E-state index is 0.508. The lowest BCUT2D eigenvalue weighted by atomic mass is 10.1. The second kappa shape index (κ2) is 9.47. The van der Waals surface area contributed by atoms with Crippen LogP contribution < -0.4 is 14.8 Å². The lowest BCUT2D eigenvalue weighted by Crippen LogP contribution is -2.04. The number of benzene rings is 3. The van der Waals surface area contributed by atoms with Gasteiger partial charge in [0.1, 0.15) is 6.61 Å². The largest absolute Gasteiger partial charge is 0.490 e. The molecule has 0 aliphatic rings. The summed E-state index contributed by atoms with van der Waals surface area (Å²) < 4.78 is 12.9. The molecule has 0 aliphatic heterocycles. The number of anilines is 1. The quantitative estimate of drug-likeness (QED) is 0.456. The Morgan fingerprint density at radius 1 is 0.889 bits per heavy atom. The zero-order valence-corrected chi connectivity index (χ0v) is 17.3. The Morgan fingerprint density at radius 2 is 1.59 bits per heavy atom. The van der Waals surface area contributed by atoms with Gasteiger partial charge in [-0.2, -0.15) is 0 Å². The predicted octanol–water partition coefficient (Wildman–Crippen LogP) is 6.35. The molecule has 4 heteroatoms. The average Bonchev–Trinajstić information content (AvgIpc) is 2.69. The summed E-state index contributed by atoms with van der Waals surface area (Å²) in [6.07, 6.45) is 0. The van der Waals surface area contributed by atoms with Crippen molar-refractivity contribution in [2.24, 2.45) is 0 Å². The Morgan fingerprint density at radius 3 is 2.30 bits per heavy atom. The lowest BCUT2D eigenvalue weighted by molar-refractivity contribution is 0.269. The highest BCUT2D eigenvalue weighted by Crippen LogP contribution is 2.34. The molecule has 3 rings (SSSR count). The van der Waals surface area contributed by atoms with E-state index >= 15 is 0 Å². The Balaban J connectivity index is 1.73. The molecular weight excluding hydrogens is 402 g/mol. The third-order valence-corrected chi connectivity index (χ3v) is 4.92. The summed E-state index contributed by atoms with van der Waals surface area (Å²) in [6.45, 7) is 5.86. The molecule has 3 aromatic carbocycles. The highest BCUT2D eigenvalue weighted by atomic mass is 79.9. The van der Waals surface area contributed by atoms with E-state index in [4.69, 9.17) is 9.47 Å². The van der Waals surface area contributed by atoms with E-state index in [1.807, 2.05) is 37.3 Å². The van der Waals surface area contributed by atoms with Gasteiger partial charge in [0.05, 0.1) is 6.61 Å². The predicted molar refractivity (Wildman–Crippen MR) is 115 cm³/mol. The van der Waals surface area contributed by atoms with Gasteiger partial charge in [-0.1, -0.05) is 64.0 Å². The van der Waals surface area contributed by atoms with Crippen LogP contribution in [-0.4, -0.2) is 6.61 Å². The van der Waals surface area contributed by atoms with Crippen LogP contribution in [-0.2, 0) is 13.2 Å². The second-order valence-electron chi connectivity index (χ2n) is 6.32. The van der Waals surface area contributed by atoms with Gasteiger partial charge in [-0.25, -0.2) is 0 Å². The molecule has 0 bridgehead atoms. The van der Waals surface area contributed by atoms with Crippen LogP contribution in [0.5, 0.6) is 11.5 Å². The van der Waals surface area contributed by atoms with Crippen molar-refractivity contribution in [1.82, 2.24) is 0 Å². The van der Waals surface area contributed by atoms with Gasteiger partial charge in [0.15, 0.2) is 11.5 Å². The van der Waals surface area contributed by atoms with Gasteiger partial charge in [-0.3, -0.25) is 0 Å². The van der Waals surface area contributed by atoms with E-state index in [0.29, 0.717) is 19.8 Å². The van der Waals surface area contributed by atoms with Crippen LogP contribution in [0.2, 0.25) is 0 Å². The van der Waals surface area contributed by atoms with Crippen LogP contribution in [0.1, 0.15) is 23.6 Å². The first-order chi connectivity index (χ1) is 13.2. The van der Waals surface area contributed by atoms with Crippen molar-refractivity contribution in [2.75, 3.05) is 11.9 Å². The summed E-state index contributed by atoms with van der Waals surface area (Å²) in [7, 11) is 0. The maximum absolute atomic E-state index is 6.04. The Hall–Kier alpha value is -2.46. The summed E-state index contributed by atoms with van der Waals surface area (Å²) in [4.78, 5) is 0. The summed E-state index contributed by atoms with van der Waals surface area (Å²) in [6, 6.07) is 22.5. The topological polar surface area (TPSA) is 30.5 Å². The molecule has 140 valence electrons. The molecule has 0 atom stereocenters. The van der Waals surface area contributed by atoms with Crippen molar-refractivity contribution in [3.63, 3.8) is 0 Å². The molecule has 0 aliphatic carbocycles. The van der Waals surface area contributed by atoms with Crippen LogP contribution in [0.3, 0.4) is 0 Å². The maximum atomic E-state index is 6.04. The molecule has 0 radical (unpaired) electrons. The minimum absolute atomic E-state index is 0.508. The van der Waals surface area contributed by atoms with Crippen molar-refractivity contribution < 1.29 is 9.47 Å². The number of nitrogens with one attached hydrogen (secondary N) is 1. The van der Waals surface area contributed by atoms with Crippen molar-refractivity contribution in [3.8, 4) is 11.5 Å². The van der Waals surface area contributed by atoms with E-state index in [-0.39, 0.29) is 0 Å². The third-order valence-electron chi connectivity index (χ3n) is 4.18. The SMILES string of the molecule is CCOc1cc(CNc2ccccc2)c(Br)cc1OCc1ccc(C)cc1. The molecule has 0 amide bonds. The highest BCUT2D eigenvalue weighted by molar-refractivity contribution is 9.10. The zero-order chi connectivity index (χ0) is 19.1. The fraction of sp³-hybridized carbons (Fsp3) is 0.217. The molecule has 1 N–H and O–H groups in total. The number of halogens is 1. The first-order valence-electron chi connectivity index (χ1n) is 9.08. The van der Waals surface area contributed by atoms with Gasteiger partial charge in [-0.15, -0.1) is 0 Å². The van der Waals surface area contributed by atoms with Crippen molar-refractivity contribution in [2.45, 2.75) is 27.0 Å². The normalized spacial score (nSPS) is 10.5. The van der Waals surface area contributed by atoms with Crippen LogP contribution >= 0.6 is 15.9 Å². The van der Waals surface area contributed by atoms with Gasteiger partial charge >= 0.3 is 0 Å². The summed E-state index contributed by atoms with van der Waals surface area (Å²) in [5, 5.41) is 3.43. The van der Waals surface area contributed by atoms with Gasteiger partial charge in [0.25, 0.3) is 0 Å². The molecule has 3 nitrogen and oxygen atoms in total. The number of ether oxygens (including phenoxy) is 2. The van der Waals surface area contributed by atoms with Crippen LogP contribution in [0.15, 0.2) is 71.2 Å². The molecule has 0 heterocycles. The molecule has 0 saturated heterocycles. The Labute approximate surface area is 169 Å². The fourth-order valence-corrected chi connectivity index (χ4v) is 3.16. The van der Waals surface area contributed by atoms with E-state index in [1.165, 1.54) is 5.56 Å². The first kappa shape index (κ1) is 19.3. The zero-order valence-electron chi connectivity index (χ0n) is 15.7. The molecule has 27 heavy (non-hydrogen) atoms. The average molecular weight is 426 g/mol. The highest BCUT2D eigenvalue weighted by Gasteiger charge is 2.11. The van der Waals surface area contributed by atoms with Crippen molar-refractivity contribution >= 4 is 21.6 Å². The second-order valence-corrected chi connectivity index (χ2v) is 7.17. The van der Waals surface area contributed by atoms with Gasteiger partial charge in [0.2, 0.25) is 0 Å². The summed E-state index contributed by atoms with van der Waals surface area (Å²) >= 11 is 3.67. The number of hydrogen-bond acceptors (Lipinski definition) is 3. The molecule has 0 spiro atoms. The van der Waals surface area contributed by atoms with E-state index < -0.39 is 0 Å². The van der Waals surface area contributed by atoms with Gasteiger partial charge in [0, 0.05) is 16.7 Å². The Bertz CT molecular complexity index is 864. The number of hydrogen-bond donors (Lipinski definition) is 1. The molecule has 0 fully saturated rings. The first-order valence-corrected chi connectivity index (χ1v) is 9.87. The van der Waals surface area contributed by atoms with Crippen molar-refractivity contribution in [3.05, 3.63) is 87.9 Å². The summed E-state index contributed by atoms with van der Waals surface area (Å²) in [5.74, 6) is 1.51. The smallest absolute Gasteiger partial charge is 0.162 e. The maximum Gasteiger partial charge on any atom is 0.162 e. The lowest BCUT2D eigenvalue weighted by Gasteiger charge is -2.16. The number of aryl methyl sites for hydroxylation is 1. The van der Waals surface area contributed by atoms with Crippen molar-refractivity contribution in [1.29, 1.82) is 0 Å². The minimum Gasteiger partial charge on any atom is -0.490 e. The van der Waals surface area contributed by atoms with Crippen LogP contribution in [0.25, 0.3) is 0 Å². The van der Waals surface area contributed by atoms with Crippen LogP contribution in [0.4, 0.5) is 5.69 Å². The molecule has 0 saturated carbocycles. The Kier molecular flexibility index (Phi) is 6.77. The van der Waals surface area contributed by atoms with Gasteiger partial charge in [-0.05, 0) is 49.2 Å². The standard InChI is InChI=1S/C23H24BrNO2/c1-3-26-22-13-19(15-25-20-7-5-4-6-8-20)21(24)14-23(22)27-16-18-11-9-17(2)10-12-18/h4-14,25H,3,15-16H2,1-2H3. The number of rotatable bonds is 8.